The summed E-state index contributed by atoms with van der Waals surface area (Å²) in [6, 6.07) is 4.01. The van der Waals surface area contributed by atoms with Crippen molar-refractivity contribution in [3.63, 3.8) is 0 Å². The highest BCUT2D eigenvalue weighted by atomic mass is 16.2. The summed E-state index contributed by atoms with van der Waals surface area (Å²) >= 11 is 0. The maximum Gasteiger partial charge on any atom is 0.321 e. The van der Waals surface area contributed by atoms with Crippen molar-refractivity contribution in [1.29, 1.82) is 0 Å². The van der Waals surface area contributed by atoms with E-state index in [1.807, 2.05) is 24.5 Å². The van der Waals surface area contributed by atoms with Crippen LogP contribution in [0.15, 0.2) is 24.5 Å². The fourth-order valence-electron chi connectivity index (χ4n) is 3.06. The van der Waals surface area contributed by atoms with Gasteiger partial charge in [-0.3, -0.25) is 15.2 Å². The Labute approximate surface area is 153 Å². The molecule has 1 aliphatic heterocycles. The van der Waals surface area contributed by atoms with E-state index in [1.54, 1.807) is 4.68 Å². The monoisotopic (exact) mass is 358 g/mol. The molecule has 3 rings (SSSR count). The van der Waals surface area contributed by atoms with Crippen molar-refractivity contribution >= 4 is 12.0 Å². The number of rotatable bonds is 7. The van der Waals surface area contributed by atoms with Gasteiger partial charge >= 0.3 is 6.03 Å². The number of amides is 2. The molecule has 3 heterocycles. The molecule has 0 spiro atoms. The number of aromatic nitrogens is 5. The van der Waals surface area contributed by atoms with E-state index >= 15 is 0 Å². The Hall–Kier alpha value is -2.55. The largest absolute Gasteiger partial charge is 0.335 e. The van der Waals surface area contributed by atoms with Crippen molar-refractivity contribution in [2.75, 3.05) is 18.4 Å². The number of aryl methyl sites for hydroxylation is 1. The number of hydrogen-bond donors (Lipinski definition) is 2. The number of anilines is 1. The first kappa shape index (κ1) is 18.2. The Bertz CT molecular complexity index is 681. The van der Waals surface area contributed by atoms with E-state index in [-0.39, 0.29) is 12.1 Å². The van der Waals surface area contributed by atoms with Crippen molar-refractivity contribution in [2.45, 2.75) is 51.7 Å². The zero-order valence-corrected chi connectivity index (χ0v) is 15.1. The van der Waals surface area contributed by atoms with Gasteiger partial charge in [0.05, 0.1) is 0 Å². The summed E-state index contributed by atoms with van der Waals surface area (Å²) in [5, 5.41) is 17.2. The summed E-state index contributed by atoms with van der Waals surface area (Å²) < 4.78 is 1.63. The van der Waals surface area contributed by atoms with E-state index in [4.69, 9.17) is 0 Å². The Kier molecular flexibility index (Phi) is 6.48. The van der Waals surface area contributed by atoms with Gasteiger partial charge in [0.1, 0.15) is 0 Å². The number of nitrogens with one attached hydrogen (secondary N) is 2. The van der Waals surface area contributed by atoms with Crippen LogP contribution >= 0.6 is 0 Å². The summed E-state index contributed by atoms with van der Waals surface area (Å²) in [7, 11) is 0. The zero-order valence-electron chi connectivity index (χ0n) is 15.1. The number of pyridine rings is 1. The maximum absolute atomic E-state index is 12.2. The molecule has 0 bridgehead atoms. The first-order valence-electron chi connectivity index (χ1n) is 9.19. The van der Waals surface area contributed by atoms with Crippen LogP contribution in [-0.4, -0.2) is 55.3 Å². The molecule has 9 nitrogen and oxygen atoms in total. The van der Waals surface area contributed by atoms with Crippen molar-refractivity contribution in [1.82, 2.24) is 35.4 Å². The normalized spacial score (nSPS) is 15.7. The standard InChI is InChI=1S/C17H26N8O/c1-2-3-10-25-16(21-22-23-25)20-17(26)19-15-6-11-24(12-7-15)13-14-4-8-18-9-5-14/h4-5,8-9,15H,2-3,6-7,10-13H2,1H3,(H2,19,20,21,23,26). The number of nitrogens with zero attached hydrogens (tertiary/aromatic N) is 6. The van der Waals surface area contributed by atoms with Crippen molar-refractivity contribution in [3.05, 3.63) is 30.1 Å². The van der Waals surface area contributed by atoms with Gasteiger partial charge in [-0.1, -0.05) is 18.4 Å². The molecule has 0 atom stereocenters. The van der Waals surface area contributed by atoms with Gasteiger partial charge in [-0.15, -0.1) is 0 Å². The van der Waals surface area contributed by atoms with Gasteiger partial charge in [0.15, 0.2) is 0 Å². The highest BCUT2D eigenvalue weighted by molar-refractivity contribution is 5.87. The summed E-state index contributed by atoms with van der Waals surface area (Å²) in [4.78, 5) is 18.7. The Morgan fingerprint density at radius 1 is 1.27 bits per heavy atom. The molecule has 1 fully saturated rings. The van der Waals surface area contributed by atoms with Crippen LogP contribution in [0.2, 0.25) is 0 Å². The van der Waals surface area contributed by atoms with Crippen LogP contribution < -0.4 is 10.6 Å². The number of carbonyl (C=O) groups excluding carboxylic acids is 1. The Morgan fingerprint density at radius 2 is 2.04 bits per heavy atom. The Morgan fingerprint density at radius 3 is 2.77 bits per heavy atom. The second-order valence-corrected chi connectivity index (χ2v) is 6.58. The molecular weight excluding hydrogens is 332 g/mol. The lowest BCUT2D eigenvalue weighted by atomic mass is 10.0. The molecule has 0 saturated carbocycles. The van der Waals surface area contributed by atoms with Crippen LogP contribution in [0.25, 0.3) is 0 Å². The van der Waals surface area contributed by atoms with Crippen LogP contribution in [0, 0.1) is 0 Å². The summed E-state index contributed by atoms with van der Waals surface area (Å²) in [6.45, 7) is 5.65. The first-order chi connectivity index (χ1) is 12.7. The third kappa shape index (κ3) is 5.22. The molecule has 0 aliphatic carbocycles. The highest BCUT2D eigenvalue weighted by Gasteiger charge is 2.21. The lowest BCUT2D eigenvalue weighted by Crippen LogP contribution is -2.45. The van der Waals surface area contributed by atoms with Gasteiger partial charge in [-0.05, 0) is 47.4 Å². The number of likely N-dealkylation sites (tertiary alicyclic amines) is 1. The molecule has 2 aromatic heterocycles. The number of piperidine rings is 1. The molecule has 2 N–H and O–H groups in total. The first-order valence-corrected chi connectivity index (χ1v) is 9.19. The van der Waals surface area contributed by atoms with Crippen molar-refractivity contribution in [2.24, 2.45) is 0 Å². The molecule has 9 heteroatoms. The van der Waals surface area contributed by atoms with Crippen LogP contribution in [0.5, 0.6) is 0 Å². The molecule has 2 aromatic rings. The number of tetrazole rings is 1. The highest BCUT2D eigenvalue weighted by Crippen LogP contribution is 2.14. The molecular formula is C17H26N8O. The van der Waals surface area contributed by atoms with Crippen LogP contribution in [-0.2, 0) is 13.1 Å². The minimum Gasteiger partial charge on any atom is -0.335 e. The van der Waals surface area contributed by atoms with Gasteiger partial charge in [-0.2, -0.15) is 0 Å². The smallest absolute Gasteiger partial charge is 0.321 e. The second kappa shape index (κ2) is 9.23. The van der Waals surface area contributed by atoms with E-state index in [0.717, 1.165) is 45.3 Å². The average molecular weight is 358 g/mol. The predicted molar refractivity (Wildman–Crippen MR) is 97.4 cm³/mol. The summed E-state index contributed by atoms with van der Waals surface area (Å²) in [5.74, 6) is 0.395. The lowest BCUT2D eigenvalue weighted by molar-refractivity contribution is 0.189. The minimum atomic E-state index is -0.245. The molecule has 0 unspecified atom stereocenters. The van der Waals surface area contributed by atoms with E-state index in [2.05, 4.69) is 43.0 Å². The number of urea groups is 1. The van der Waals surface area contributed by atoms with Crippen molar-refractivity contribution in [3.8, 4) is 0 Å². The number of carbonyl (C=O) groups is 1. The number of hydrogen-bond acceptors (Lipinski definition) is 6. The lowest BCUT2D eigenvalue weighted by Gasteiger charge is -2.32. The third-order valence-electron chi connectivity index (χ3n) is 4.56. The third-order valence-corrected chi connectivity index (χ3v) is 4.56. The maximum atomic E-state index is 12.2. The summed E-state index contributed by atoms with van der Waals surface area (Å²) in [5.41, 5.74) is 1.27. The number of unbranched alkanes of at least 4 members (excludes halogenated alkanes) is 1. The van der Waals surface area contributed by atoms with Crippen molar-refractivity contribution < 1.29 is 4.79 Å². The zero-order chi connectivity index (χ0) is 18.2. The van der Waals surface area contributed by atoms with Crippen LogP contribution in [0.1, 0.15) is 38.2 Å². The van der Waals surface area contributed by atoms with Gasteiger partial charge in [0.25, 0.3) is 5.95 Å². The quantitative estimate of drug-likeness (QED) is 0.780. The molecule has 26 heavy (non-hydrogen) atoms. The van der Waals surface area contributed by atoms with E-state index in [0.29, 0.717) is 12.5 Å². The van der Waals surface area contributed by atoms with Gasteiger partial charge in [0, 0.05) is 44.6 Å². The van der Waals surface area contributed by atoms with Gasteiger partial charge in [-0.25, -0.2) is 9.48 Å². The Balaban J connectivity index is 1.41. The fourth-order valence-corrected chi connectivity index (χ4v) is 3.06. The summed E-state index contributed by atoms with van der Waals surface area (Å²) in [6.07, 6.45) is 7.52. The molecule has 0 radical (unpaired) electrons. The minimum absolute atomic E-state index is 0.170. The predicted octanol–water partition coefficient (Wildman–Crippen LogP) is 1.65. The molecule has 1 aliphatic rings. The van der Waals surface area contributed by atoms with Gasteiger partial charge < -0.3 is 5.32 Å². The second-order valence-electron chi connectivity index (χ2n) is 6.58. The van der Waals surface area contributed by atoms with E-state index in [1.165, 1.54) is 5.56 Å². The van der Waals surface area contributed by atoms with Gasteiger partial charge in [0.2, 0.25) is 0 Å². The van der Waals surface area contributed by atoms with Crippen LogP contribution in [0.4, 0.5) is 10.7 Å². The fraction of sp³-hybridized carbons (Fsp3) is 0.588. The van der Waals surface area contributed by atoms with E-state index in [9.17, 15) is 4.79 Å². The van der Waals surface area contributed by atoms with Crippen LogP contribution in [0.3, 0.4) is 0 Å². The average Bonchev–Trinajstić information content (AvgIpc) is 3.09. The molecule has 2 amide bonds. The SMILES string of the molecule is CCCCn1nnnc1NC(=O)NC1CCN(Cc2ccncc2)CC1. The molecule has 0 aromatic carbocycles. The topological polar surface area (TPSA) is 101 Å². The molecule has 140 valence electrons. The molecule has 1 saturated heterocycles. The van der Waals surface area contributed by atoms with E-state index < -0.39 is 0 Å².